The van der Waals surface area contributed by atoms with Crippen LogP contribution in [0.15, 0.2) is 0 Å². The van der Waals surface area contributed by atoms with Crippen LogP contribution in [0.5, 0.6) is 0 Å². The minimum atomic E-state index is -0.737. The predicted molar refractivity (Wildman–Crippen MR) is 152 cm³/mol. The van der Waals surface area contributed by atoms with Crippen molar-refractivity contribution in [1.29, 1.82) is 0 Å². The van der Waals surface area contributed by atoms with E-state index in [4.69, 9.17) is 16.2 Å². The Labute approximate surface area is 226 Å². The molecule has 0 fully saturated rings. The minimum absolute atomic E-state index is 0.117. The molecule has 8 nitrogen and oxygen atoms in total. The maximum Gasteiger partial charge on any atom is 0.328 e. The molecule has 0 rings (SSSR count). The highest BCUT2D eigenvalue weighted by Crippen LogP contribution is 2.13. The van der Waals surface area contributed by atoms with Gasteiger partial charge in [-0.15, -0.1) is 0 Å². The molecule has 0 radical (unpaired) electrons. The largest absolute Gasteiger partial charge is 0.467 e. The zero-order chi connectivity index (χ0) is 27.6. The van der Waals surface area contributed by atoms with Crippen molar-refractivity contribution in [3.05, 3.63) is 0 Å². The molecule has 218 valence electrons. The number of rotatable bonds is 26. The summed E-state index contributed by atoms with van der Waals surface area (Å²) in [5, 5.41) is 5.66. The minimum Gasteiger partial charge on any atom is -0.467 e. The second-order valence-corrected chi connectivity index (χ2v) is 10.3. The molecule has 2 amide bonds. The van der Waals surface area contributed by atoms with Gasteiger partial charge in [-0.2, -0.15) is 0 Å². The highest BCUT2D eigenvalue weighted by Gasteiger charge is 2.26. The molecule has 0 aromatic rings. The van der Waals surface area contributed by atoms with Crippen LogP contribution in [0.1, 0.15) is 135 Å². The van der Waals surface area contributed by atoms with E-state index >= 15 is 0 Å². The van der Waals surface area contributed by atoms with E-state index in [0.29, 0.717) is 38.8 Å². The van der Waals surface area contributed by atoms with Gasteiger partial charge in [0.2, 0.25) is 11.8 Å². The van der Waals surface area contributed by atoms with Crippen molar-refractivity contribution in [1.82, 2.24) is 10.6 Å². The highest BCUT2D eigenvalue weighted by atomic mass is 16.5. The van der Waals surface area contributed by atoms with Gasteiger partial charge in [0, 0.05) is 6.42 Å². The van der Waals surface area contributed by atoms with E-state index in [1.165, 1.54) is 71.3 Å². The molecule has 0 aromatic heterocycles. The van der Waals surface area contributed by atoms with Crippen LogP contribution in [0.4, 0.5) is 0 Å². The van der Waals surface area contributed by atoms with Crippen LogP contribution >= 0.6 is 0 Å². The first kappa shape index (κ1) is 35.3. The van der Waals surface area contributed by atoms with E-state index in [2.05, 4.69) is 17.6 Å². The summed E-state index contributed by atoms with van der Waals surface area (Å²) in [6.45, 7) is 3.31. The molecule has 37 heavy (non-hydrogen) atoms. The Kier molecular flexibility index (Phi) is 24.8. The Hall–Kier alpha value is -1.67. The second-order valence-electron chi connectivity index (χ2n) is 10.3. The number of ether oxygens (including phenoxy) is 1. The maximum atomic E-state index is 12.9. The lowest BCUT2D eigenvalue weighted by Crippen LogP contribution is -2.51. The molecule has 0 aromatic carbocycles. The summed E-state index contributed by atoms with van der Waals surface area (Å²) in [6.07, 6.45) is 20.6. The third-order valence-corrected chi connectivity index (χ3v) is 6.86. The number of carbonyl (C=O) groups excluding carboxylic acids is 3. The molecule has 0 unspecified atom stereocenters. The van der Waals surface area contributed by atoms with Crippen molar-refractivity contribution in [3.63, 3.8) is 0 Å². The molecule has 0 aliphatic rings. The summed E-state index contributed by atoms with van der Waals surface area (Å²) in [6, 6.07) is -1.42. The number of carbonyl (C=O) groups is 3. The molecule has 0 saturated heterocycles. The lowest BCUT2D eigenvalue weighted by Gasteiger charge is -2.22. The summed E-state index contributed by atoms with van der Waals surface area (Å²) in [7, 11) is 1.31. The fourth-order valence-corrected chi connectivity index (χ4v) is 4.49. The van der Waals surface area contributed by atoms with Gasteiger partial charge in [0.05, 0.1) is 7.11 Å². The van der Waals surface area contributed by atoms with E-state index in [-0.39, 0.29) is 11.8 Å². The van der Waals surface area contributed by atoms with Gasteiger partial charge in [0.1, 0.15) is 12.1 Å². The summed E-state index contributed by atoms with van der Waals surface area (Å²) >= 11 is 0. The number of methoxy groups -OCH3 is 1. The van der Waals surface area contributed by atoms with Crippen LogP contribution < -0.4 is 22.1 Å². The standard InChI is InChI=1S/C29H58N4O4/c1-3-4-5-6-7-8-9-10-11-12-13-14-15-22-27(34)32-25(20-16-18-23-30)28(35)33-26(29(36)37-2)21-17-19-24-31/h25-26H,3-24,30-31H2,1-2H3,(H,32,34)(H,33,35)/t25-,26-/m0/s1. The summed E-state index contributed by atoms with van der Waals surface area (Å²) < 4.78 is 4.84. The smallest absolute Gasteiger partial charge is 0.328 e. The Balaban J connectivity index is 4.29. The molecule has 0 heterocycles. The van der Waals surface area contributed by atoms with Crippen molar-refractivity contribution in [3.8, 4) is 0 Å². The first-order chi connectivity index (χ1) is 18.0. The molecule has 8 heteroatoms. The Morgan fingerprint density at radius 3 is 1.54 bits per heavy atom. The predicted octanol–water partition coefficient (Wildman–Crippen LogP) is 4.87. The summed E-state index contributed by atoms with van der Waals surface area (Å²) in [5.74, 6) is -0.947. The van der Waals surface area contributed by atoms with E-state index in [1.807, 2.05) is 0 Å². The highest BCUT2D eigenvalue weighted by molar-refractivity contribution is 5.90. The quantitative estimate of drug-likeness (QED) is 0.0937. The number of hydrogen-bond acceptors (Lipinski definition) is 6. The van der Waals surface area contributed by atoms with Crippen LogP contribution in [-0.2, 0) is 19.1 Å². The molecule has 0 bridgehead atoms. The third kappa shape index (κ3) is 21.0. The Morgan fingerprint density at radius 2 is 1.08 bits per heavy atom. The topological polar surface area (TPSA) is 137 Å². The number of amides is 2. The Bertz CT molecular complexity index is 574. The van der Waals surface area contributed by atoms with Gasteiger partial charge in [0.15, 0.2) is 0 Å². The average Bonchev–Trinajstić information content (AvgIpc) is 2.89. The fraction of sp³-hybridized carbons (Fsp3) is 0.897. The van der Waals surface area contributed by atoms with E-state index in [9.17, 15) is 14.4 Å². The maximum absolute atomic E-state index is 12.9. The number of hydrogen-bond donors (Lipinski definition) is 4. The van der Waals surface area contributed by atoms with Crippen LogP contribution in [-0.4, -0.2) is 50.1 Å². The van der Waals surface area contributed by atoms with Crippen LogP contribution in [0.25, 0.3) is 0 Å². The number of esters is 1. The Morgan fingerprint density at radius 1 is 0.622 bits per heavy atom. The molecular weight excluding hydrogens is 468 g/mol. The number of nitrogens with one attached hydrogen (secondary N) is 2. The molecule has 0 aliphatic carbocycles. The van der Waals surface area contributed by atoms with Crippen molar-refractivity contribution in [2.75, 3.05) is 20.2 Å². The van der Waals surface area contributed by atoms with Gasteiger partial charge < -0.3 is 26.8 Å². The SMILES string of the molecule is CCCCCCCCCCCCCCCC(=O)N[C@@H](CCCCN)C(=O)N[C@@H](CCCCN)C(=O)OC. The lowest BCUT2D eigenvalue weighted by molar-refractivity contribution is -0.145. The molecule has 6 N–H and O–H groups in total. The zero-order valence-electron chi connectivity index (χ0n) is 24.0. The molecule has 0 saturated carbocycles. The first-order valence-electron chi connectivity index (χ1n) is 15.1. The van der Waals surface area contributed by atoms with Crippen molar-refractivity contribution in [2.24, 2.45) is 11.5 Å². The van der Waals surface area contributed by atoms with E-state index in [1.54, 1.807) is 0 Å². The van der Waals surface area contributed by atoms with Crippen molar-refractivity contribution in [2.45, 2.75) is 147 Å². The normalized spacial score (nSPS) is 12.6. The average molecular weight is 527 g/mol. The molecule has 2 atom stereocenters. The van der Waals surface area contributed by atoms with Crippen molar-refractivity contribution < 1.29 is 19.1 Å². The fourth-order valence-electron chi connectivity index (χ4n) is 4.49. The second kappa shape index (κ2) is 26.0. The zero-order valence-corrected chi connectivity index (χ0v) is 24.0. The first-order valence-corrected chi connectivity index (χ1v) is 15.1. The van der Waals surface area contributed by atoms with Gasteiger partial charge in [-0.1, -0.05) is 84.0 Å². The van der Waals surface area contributed by atoms with E-state index in [0.717, 1.165) is 38.5 Å². The lowest BCUT2D eigenvalue weighted by atomic mass is 10.0. The van der Waals surface area contributed by atoms with Crippen molar-refractivity contribution >= 4 is 17.8 Å². The molecular formula is C29H58N4O4. The van der Waals surface area contributed by atoms with Gasteiger partial charge in [-0.3, -0.25) is 9.59 Å². The van der Waals surface area contributed by atoms with Crippen LogP contribution in [0.3, 0.4) is 0 Å². The van der Waals surface area contributed by atoms with Gasteiger partial charge >= 0.3 is 5.97 Å². The molecule has 0 spiro atoms. The summed E-state index contributed by atoms with van der Waals surface area (Å²) in [4.78, 5) is 37.6. The van der Waals surface area contributed by atoms with Crippen LogP contribution in [0.2, 0.25) is 0 Å². The van der Waals surface area contributed by atoms with E-state index < -0.39 is 18.1 Å². The molecule has 0 aliphatic heterocycles. The van der Waals surface area contributed by atoms with Gasteiger partial charge in [-0.05, 0) is 58.0 Å². The summed E-state index contributed by atoms with van der Waals surface area (Å²) in [5.41, 5.74) is 11.1. The third-order valence-electron chi connectivity index (χ3n) is 6.86. The number of nitrogens with two attached hydrogens (primary N) is 2. The monoisotopic (exact) mass is 526 g/mol. The number of unbranched alkanes of at least 4 members (excludes halogenated alkanes) is 14. The van der Waals surface area contributed by atoms with Crippen LogP contribution in [0, 0.1) is 0 Å². The van der Waals surface area contributed by atoms with Gasteiger partial charge in [0.25, 0.3) is 0 Å². The van der Waals surface area contributed by atoms with Gasteiger partial charge in [-0.25, -0.2) is 4.79 Å².